The fourth-order valence-electron chi connectivity index (χ4n) is 3.91. The molecule has 2 aromatic carbocycles. The Hall–Kier alpha value is -0.569. The van der Waals surface area contributed by atoms with Gasteiger partial charge >= 0.3 is 139 Å². The third-order valence-corrected chi connectivity index (χ3v) is 16.9. The van der Waals surface area contributed by atoms with Gasteiger partial charge < -0.3 is 24.8 Å². The van der Waals surface area contributed by atoms with Crippen molar-refractivity contribution in [2.45, 2.75) is 23.7 Å². The summed E-state index contributed by atoms with van der Waals surface area (Å²) in [5.74, 6) is 0. The molecule has 24 heavy (non-hydrogen) atoms. The van der Waals surface area contributed by atoms with Crippen LogP contribution in [0.15, 0.2) is 70.6 Å². The number of hydrogen-bond acceptors (Lipinski definition) is 0. The number of hydrogen-bond donors (Lipinski definition) is 0. The SMILES string of the molecule is C[Si](C)=[Ti+2]([C]1=CC=CC1)[CH]1c2ccccc2-c2ccccc21.[Cl-].[Cl-]. The Morgan fingerprint density at radius 3 is 1.88 bits per heavy atom. The zero-order valence-electron chi connectivity index (χ0n) is 13.9. The number of allylic oxidation sites excluding steroid dienone is 4. The van der Waals surface area contributed by atoms with Crippen LogP contribution in [0.4, 0.5) is 0 Å². The van der Waals surface area contributed by atoms with Crippen molar-refractivity contribution in [2.75, 3.05) is 0 Å². The molecule has 4 heteroatoms. The van der Waals surface area contributed by atoms with Crippen LogP contribution in [-0.4, -0.2) is 6.19 Å². The zero-order chi connectivity index (χ0) is 15.1. The third kappa shape index (κ3) is 3.25. The number of halogens is 2. The standard InChI is InChI=1S/C13H9.C5H5.C2H6Si.2ClH.Ti/c1-3-7-12-10(5-1)9-11-6-2-4-8-13(11)12;1-2-4-5-3-1;1-3-2;;;/h1-9H;1-3H,4H2;1-2H3;2*1H;/q;;;;;+2/p-2. The minimum absolute atomic E-state index is 0. The molecule has 0 aromatic heterocycles. The molecule has 0 spiro atoms. The molecule has 2 aromatic rings. The van der Waals surface area contributed by atoms with Gasteiger partial charge in [0.05, 0.1) is 0 Å². The van der Waals surface area contributed by atoms with Crippen LogP contribution in [0.1, 0.15) is 21.8 Å². The van der Waals surface area contributed by atoms with Gasteiger partial charge in [-0.15, -0.1) is 0 Å². The molecule has 0 atom stereocenters. The molecule has 0 N–H and O–H groups in total. The molecule has 0 fully saturated rings. The first-order valence-corrected chi connectivity index (χ1v) is 14.5. The van der Waals surface area contributed by atoms with Crippen molar-refractivity contribution in [3.8, 4) is 11.1 Å². The summed E-state index contributed by atoms with van der Waals surface area (Å²) in [5.41, 5.74) is 6.20. The van der Waals surface area contributed by atoms with E-state index >= 15 is 0 Å². The summed E-state index contributed by atoms with van der Waals surface area (Å²) in [5, 5.41) is 0. The Labute approximate surface area is 163 Å². The molecule has 0 nitrogen and oxygen atoms in total. The molecule has 0 amide bonds. The van der Waals surface area contributed by atoms with E-state index < -0.39 is 16.6 Å². The van der Waals surface area contributed by atoms with Crippen molar-refractivity contribution < 1.29 is 41.4 Å². The van der Waals surface area contributed by atoms with E-state index in [1.165, 1.54) is 17.5 Å². The minimum atomic E-state index is -1.32. The van der Waals surface area contributed by atoms with Crippen LogP contribution < -0.4 is 24.8 Å². The van der Waals surface area contributed by atoms with Gasteiger partial charge in [0.2, 0.25) is 0 Å². The van der Waals surface area contributed by atoms with Crippen LogP contribution in [-0.2, 0) is 16.6 Å². The van der Waals surface area contributed by atoms with Gasteiger partial charge in [0, 0.05) is 0 Å². The van der Waals surface area contributed by atoms with Crippen molar-refractivity contribution in [2.24, 2.45) is 0 Å². The molecule has 0 radical (unpaired) electrons. The van der Waals surface area contributed by atoms with E-state index in [4.69, 9.17) is 0 Å². The Morgan fingerprint density at radius 1 is 0.875 bits per heavy atom. The monoisotopic (exact) mass is 406 g/mol. The quantitative estimate of drug-likeness (QED) is 0.588. The average molecular weight is 407 g/mol. The van der Waals surface area contributed by atoms with Crippen LogP contribution in [0.25, 0.3) is 11.1 Å². The molecule has 0 saturated heterocycles. The third-order valence-electron chi connectivity index (χ3n) is 4.78. The summed E-state index contributed by atoms with van der Waals surface area (Å²) in [6, 6.07) is 18.3. The number of fused-ring (bicyclic) bond motifs is 3. The Morgan fingerprint density at radius 2 is 1.42 bits per heavy atom. The van der Waals surface area contributed by atoms with E-state index in [-0.39, 0.29) is 31.0 Å². The fourth-order valence-corrected chi connectivity index (χ4v) is 16.2. The van der Waals surface area contributed by atoms with Gasteiger partial charge in [-0.1, -0.05) is 0 Å². The topological polar surface area (TPSA) is 0 Å². The van der Waals surface area contributed by atoms with Gasteiger partial charge in [0.15, 0.2) is 0 Å². The molecule has 122 valence electrons. The van der Waals surface area contributed by atoms with Gasteiger partial charge in [-0.05, 0) is 0 Å². The molecule has 0 aliphatic heterocycles. The summed E-state index contributed by atoms with van der Waals surface area (Å²) in [4.78, 5) is 0. The minimum Gasteiger partial charge on any atom is -1.00 e. The smallest absolute Gasteiger partial charge is 1.00 e. The summed E-state index contributed by atoms with van der Waals surface area (Å²) < 4.78 is 2.51. The second kappa shape index (κ2) is 8.21. The first-order chi connectivity index (χ1) is 10.8. The normalized spacial score (nSPS) is 13.8. The Balaban J connectivity index is 0.00000104. The summed E-state index contributed by atoms with van der Waals surface area (Å²) in [6.45, 7) is 5.09. The molecule has 2 aliphatic carbocycles. The predicted molar refractivity (Wildman–Crippen MR) is 93.0 cm³/mol. The van der Waals surface area contributed by atoms with Crippen LogP contribution in [0.3, 0.4) is 0 Å². The van der Waals surface area contributed by atoms with Crippen molar-refractivity contribution >= 4 is 6.19 Å². The summed E-state index contributed by atoms with van der Waals surface area (Å²) in [7, 11) is 0. The van der Waals surface area contributed by atoms with Crippen molar-refractivity contribution in [1.29, 1.82) is 0 Å². The van der Waals surface area contributed by atoms with Gasteiger partial charge in [-0.25, -0.2) is 0 Å². The van der Waals surface area contributed by atoms with Crippen molar-refractivity contribution in [3.05, 3.63) is 81.8 Å². The zero-order valence-corrected chi connectivity index (χ0v) is 18.0. The molecular formula is C20H20Cl2SiTi. The van der Waals surface area contributed by atoms with Gasteiger partial charge in [-0.3, -0.25) is 0 Å². The average Bonchev–Trinajstić information content (AvgIpc) is 3.16. The molecule has 0 unspecified atom stereocenters. The van der Waals surface area contributed by atoms with Crippen molar-refractivity contribution in [3.63, 3.8) is 0 Å². The van der Waals surface area contributed by atoms with Crippen LogP contribution in [0, 0.1) is 0 Å². The maximum Gasteiger partial charge on any atom is -1.00 e. The van der Waals surface area contributed by atoms with E-state index in [0.29, 0.717) is 4.22 Å². The Bertz CT molecular complexity index is 803. The van der Waals surface area contributed by atoms with E-state index in [1.807, 2.05) is 0 Å². The van der Waals surface area contributed by atoms with Crippen molar-refractivity contribution in [1.82, 2.24) is 0 Å². The van der Waals surface area contributed by atoms with Crippen LogP contribution >= 0.6 is 0 Å². The molecular weight excluding hydrogens is 387 g/mol. The summed E-state index contributed by atoms with van der Waals surface area (Å²) in [6.07, 6.45) is 8.02. The largest absolute Gasteiger partial charge is 1.00 e. The van der Waals surface area contributed by atoms with Crippen LogP contribution in [0.2, 0.25) is 13.1 Å². The fraction of sp³-hybridized carbons (Fsp3) is 0.200. The van der Waals surface area contributed by atoms with Gasteiger partial charge in [0.1, 0.15) is 0 Å². The molecule has 0 saturated carbocycles. The van der Waals surface area contributed by atoms with Gasteiger partial charge in [-0.2, -0.15) is 0 Å². The van der Waals surface area contributed by atoms with E-state index in [0.717, 1.165) is 0 Å². The molecule has 2 aliphatic rings. The predicted octanol–water partition coefficient (Wildman–Crippen LogP) is -0.522. The van der Waals surface area contributed by atoms with Crippen LogP contribution in [0.5, 0.6) is 0 Å². The summed E-state index contributed by atoms with van der Waals surface area (Å²) >= 11 is -1.32. The second-order valence-corrected chi connectivity index (χ2v) is 18.4. The maximum absolute atomic E-state index is 2.54. The molecule has 4 rings (SSSR count). The number of benzene rings is 2. The second-order valence-electron chi connectivity index (χ2n) is 6.35. The molecule has 0 heterocycles. The Kier molecular flexibility index (Phi) is 6.75. The van der Waals surface area contributed by atoms with E-state index in [9.17, 15) is 0 Å². The maximum atomic E-state index is 2.54. The van der Waals surface area contributed by atoms with E-state index in [1.54, 1.807) is 15.0 Å². The first-order valence-electron chi connectivity index (χ1n) is 7.99. The number of rotatable bonds is 2. The first kappa shape index (κ1) is 19.8. The van der Waals surface area contributed by atoms with Gasteiger partial charge in [0.25, 0.3) is 0 Å². The van der Waals surface area contributed by atoms with E-state index in [2.05, 4.69) is 79.9 Å². The molecule has 0 bridgehead atoms.